The molecule has 0 aliphatic carbocycles. The lowest BCUT2D eigenvalue weighted by Crippen LogP contribution is -2.34. The Balaban J connectivity index is 1.70. The first kappa shape index (κ1) is 16.1. The second kappa shape index (κ2) is 8.89. The summed E-state index contributed by atoms with van der Waals surface area (Å²) in [7, 11) is 0. The fraction of sp³-hybridized carbons (Fsp3) is 0.0588. The van der Waals surface area contributed by atoms with E-state index in [2.05, 4.69) is 20.8 Å². The Morgan fingerprint density at radius 1 is 1.09 bits per heavy atom. The molecule has 6 heteroatoms. The topological polar surface area (TPSA) is 83.5 Å². The van der Waals surface area contributed by atoms with Gasteiger partial charge >= 0.3 is 0 Å². The second-order valence-corrected chi connectivity index (χ2v) is 4.50. The molecule has 2 rings (SSSR count). The van der Waals surface area contributed by atoms with Crippen LogP contribution in [0, 0.1) is 0 Å². The normalized spacial score (nSPS) is 10.8. The maximum atomic E-state index is 11.7. The average Bonchev–Trinajstić information content (AvgIpc) is 2.61. The van der Waals surface area contributed by atoms with Gasteiger partial charge in [-0.15, -0.1) is 0 Å². The SMILES string of the molecule is O=C(CNC(=O)c1ccncc1)N/N=C\C=C\c1ccccc1. The number of hydrogen-bond donors (Lipinski definition) is 2. The number of benzene rings is 1. The first-order valence-electron chi connectivity index (χ1n) is 6.97. The van der Waals surface area contributed by atoms with Gasteiger partial charge in [0.15, 0.2) is 0 Å². The molecule has 23 heavy (non-hydrogen) atoms. The highest BCUT2D eigenvalue weighted by atomic mass is 16.2. The number of hydrazone groups is 1. The molecule has 2 amide bonds. The van der Waals surface area contributed by atoms with Crippen LogP contribution in [-0.2, 0) is 4.79 Å². The summed E-state index contributed by atoms with van der Waals surface area (Å²) in [6.45, 7) is -0.152. The molecule has 0 saturated carbocycles. The molecular formula is C17H16N4O2. The number of allylic oxidation sites excluding steroid dienone is 1. The Morgan fingerprint density at radius 2 is 1.83 bits per heavy atom. The van der Waals surface area contributed by atoms with Crippen molar-refractivity contribution in [3.05, 3.63) is 72.1 Å². The van der Waals surface area contributed by atoms with Crippen molar-refractivity contribution in [2.45, 2.75) is 0 Å². The number of amides is 2. The van der Waals surface area contributed by atoms with E-state index >= 15 is 0 Å². The van der Waals surface area contributed by atoms with Gasteiger partial charge < -0.3 is 5.32 Å². The highest BCUT2D eigenvalue weighted by Gasteiger charge is 2.06. The van der Waals surface area contributed by atoms with Gasteiger partial charge in [0.1, 0.15) is 0 Å². The monoisotopic (exact) mass is 308 g/mol. The Kier molecular flexibility index (Phi) is 6.22. The largest absolute Gasteiger partial charge is 0.343 e. The van der Waals surface area contributed by atoms with E-state index < -0.39 is 5.91 Å². The third-order valence-corrected chi connectivity index (χ3v) is 2.79. The van der Waals surface area contributed by atoms with Crippen molar-refractivity contribution in [2.24, 2.45) is 5.10 Å². The van der Waals surface area contributed by atoms with Gasteiger partial charge in [0.05, 0.1) is 6.54 Å². The minimum absolute atomic E-state index is 0.152. The quantitative estimate of drug-likeness (QED) is 0.628. The number of rotatable bonds is 6. The summed E-state index contributed by atoms with van der Waals surface area (Å²) < 4.78 is 0. The third-order valence-electron chi connectivity index (χ3n) is 2.79. The number of carbonyl (C=O) groups excluding carboxylic acids is 2. The van der Waals surface area contributed by atoms with Gasteiger partial charge in [0, 0.05) is 24.2 Å². The van der Waals surface area contributed by atoms with Crippen molar-refractivity contribution in [1.29, 1.82) is 0 Å². The summed E-state index contributed by atoms with van der Waals surface area (Å²) in [5.41, 5.74) is 3.81. The molecular weight excluding hydrogens is 292 g/mol. The molecule has 116 valence electrons. The molecule has 6 nitrogen and oxygen atoms in total. The molecule has 2 N–H and O–H groups in total. The highest BCUT2D eigenvalue weighted by molar-refractivity contribution is 5.96. The third kappa shape index (κ3) is 5.92. The van der Waals surface area contributed by atoms with Crippen molar-refractivity contribution < 1.29 is 9.59 Å². The summed E-state index contributed by atoms with van der Waals surface area (Å²) in [6.07, 6.45) is 8.07. The fourth-order valence-electron chi connectivity index (χ4n) is 1.68. The molecule has 0 aliphatic rings. The van der Waals surface area contributed by atoms with Gasteiger partial charge in [0.2, 0.25) is 0 Å². The van der Waals surface area contributed by atoms with Crippen LogP contribution < -0.4 is 10.7 Å². The van der Waals surface area contributed by atoms with Crippen LogP contribution in [-0.4, -0.2) is 29.6 Å². The lowest BCUT2D eigenvalue weighted by Gasteiger charge is -2.03. The van der Waals surface area contributed by atoms with E-state index in [-0.39, 0.29) is 12.5 Å². The lowest BCUT2D eigenvalue weighted by atomic mass is 10.2. The van der Waals surface area contributed by atoms with E-state index in [0.29, 0.717) is 5.56 Å². The van der Waals surface area contributed by atoms with Crippen LogP contribution in [0.15, 0.2) is 66.0 Å². The number of nitrogens with zero attached hydrogens (tertiary/aromatic N) is 2. The minimum Gasteiger partial charge on any atom is -0.343 e. The molecule has 0 atom stereocenters. The summed E-state index contributed by atoms with van der Waals surface area (Å²) in [6, 6.07) is 12.9. The van der Waals surface area contributed by atoms with E-state index in [0.717, 1.165) is 5.56 Å². The lowest BCUT2D eigenvalue weighted by molar-refractivity contribution is -0.120. The Morgan fingerprint density at radius 3 is 2.57 bits per heavy atom. The Labute approximate surface area is 133 Å². The van der Waals surface area contributed by atoms with Crippen LogP contribution in [0.25, 0.3) is 6.08 Å². The zero-order chi connectivity index (χ0) is 16.3. The van der Waals surface area contributed by atoms with Crippen LogP contribution in [0.2, 0.25) is 0 Å². The standard InChI is InChI=1S/C17H16N4O2/c22-16(13-19-17(23)15-8-11-18-12-9-15)21-20-10-4-7-14-5-2-1-3-6-14/h1-12H,13H2,(H,19,23)(H,21,22)/b7-4+,20-10-. The predicted octanol–water partition coefficient (Wildman–Crippen LogP) is 1.63. The van der Waals surface area contributed by atoms with Gasteiger partial charge in [-0.1, -0.05) is 36.4 Å². The van der Waals surface area contributed by atoms with Gasteiger partial charge in [-0.05, 0) is 23.8 Å². The maximum Gasteiger partial charge on any atom is 0.259 e. The molecule has 1 aromatic carbocycles. The molecule has 0 saturated heterocycles. The summed E-state index contributed by atoms with van der Waals surface area (Å²) in [4.78, 5) is 27.1. The van der Waals surface area contributed by atoms with E-state index in [4.69, 9.17) is 0 Å². The van der Waals surface area contributed by atoms with Crippen molar-refractivity contribution >= 4 is 24.1 Å². The molecule has 0 spiro atoms. The van der Waals surface area contributed by atoms with E-state index in [1.165, 1.54) is 18.6 Å². The molecule has 0 fully saturated rings. The second-order valence-electron chi connectivity index (χ2n) is 4.50. The first-order chi connectivity index (χ1) is 11.3. The van der Waals surface area contributed by atoms with Gasteiger partial charge in [-0.2, -0.15) is 5.10 Å². The maximum absolute atomic E-state index is 11.7. The van der Waals surface area contributed by atoms with Crippen LogP contribution >= 0.6 is 0 Å². The van der Waals surface area contributed by atoms with Crippen LogP contribution in [0.3, 0.4) is 0 Å². The Bertz CT molecular complexity index is 697. The van der Waals surface area contributed by atoms with E-state index in [1.54, 1.807) is 18.2 Å². The first-order valence-corrected chi connectivity index (χ1v) is 6.97. The summed E-state index contributed by atoms with van der Waals surface area (Å²) >= 11 is 0. The zero-order valence-electron chi connectivity index (χ0n) is 12.3. The van der Waals surface area contributed by atoms with E-state index in [1.807, 2.05) is 36.4 Å². The minimum atomic E-state index is -0.406. The van der Waals surface area contributed by atoms with E-state index in [9.17, 15) is 9.59 Å². The van der Waals surface area contributed by atoms with Crippen LogP contribution in [0.5, 0.6) is 0 Å². The molecule has 2 aromatic rings. The van der Waals surface area contributed by atoms with Gasteiger partial charge in [0.25, 0.3) is 11.8 Å². The van der Waals surface area contributed by atoms with Crippen molar-refractivity contribution in [2.75, 3.05) is 6.54 Å². The van der Waals surface area contributed by atoms with Crippen LogP contribution in [0.4, 0.5) is 0 Å². The molecule has 1 heterocycles. The van der Waals surface area contributed by atoms with Gasteiger partial charge in [-0.25, -0.2) is 5.43 Å². The van der Waals surface area contributed by atoms with Gasteiger partial charge in [-0.3, -0.25) is 14.6 Å². The molecule has 0 bridgehead atoms. The fourth-order valence-corrected chi connectivity index (χ4v) is 1.68. The Hall–Kier alpha value is -3.28. The number of pyridine rings is 1. The number of hydrogen-bond acceptors (Lipinski definition) is 4. The molecule has 0 radical (unpaired) electrons. The van der Waals surface area contributed by atoms with Crippen molar-refractivity contribution in [3.8, 4) is 0 Å². The van der Waals surface area contributed by atoms with Crippen molar-refractivity contribution in [3.63, 3.8) is 0 Å². The van der Waals surface area contributed by atoms with Crippen LogP contribution in [0.1, 0.15) is 15.9 Å². The number of aromatic nitrogens is 1. The number of carbonyl (C=O) groups is 2. The average molecular weight is 308 g/mol. The predicted molar refractivity (Wildman–Crippen MR) is 88.7 cm³/mol. The summed E-state index contributed by atoms with van der Waals surface area (Å²) in [5.74, 6) is -0.743. The molecule has 1 aromatic heterocycles. The number of nitrogens with one attached hydrogen (secondary N) is 2. The zero-order valence-corrected chi connectivity index (χ0v) is 12.3. The molecule has 0 aliphatic heterocycles. The highest BCUT2D eigenvalue weighted by Crippen LogP contribution is 1.99. The van der Waals surface area contributed by atoms with Crippen molar-refractivity contribution in [1.82, 2.24) is 15.7 Å². The summed E-state index contributed by atoms with van der Waals surface area (Å²) in [5, 5.41) is 6.26. The smallest absolute Gasteiger partial charge is 0.259 e. The molecule has 0 unspecified atom stereocenters.